The normalized spacial score (nSPS) is 15.0. The topological polar surface area (TPSA) is 96.0 Å². The van der Waals surface area contributed by atoms with E-state index in [1.165, 1.54) is 12.0 Å². The number of hydrogen-bond donors (Lipinski definition) is 1. The summed E-state index contributed by atoms with van der Waals surface area (Å²) in [7, 11) is -2.46. The second-order valence-corrected chi connectivity index (χ2v) is 12.2. The van der Waals surface area contributed by atoms with Crippen LogP contribution in [0.25, 0.3) is 0 Å². The third-order valence-electron chi connectivity index (χ3n) is 6.76. The van der Waals surface area contributed by atoms with E-state index in [2.05, 4.69) is 5.32 Å². The monoisotopic (exact) mass is 583 g/mol. The Hall–Kier alpha value is -2.49. The predicted octanol–water partition coefficient (Wildman–Crippen LogP) is 5.02. The Morgan fingerprint density at radius 2 is 1.68 bits per heavy atom. The number of hydrogen-bond acceptors (Lipinski definition) is 5. The lowest BCUT2D eigenvalue weighted by atomic mass is 9.95. The van der Waals surface area contributed by atoms with Gasteiger partial charge >= 0.3 is 0 Å². The smallest absolute Gasteiger partial charge is 0.244 e. The second-order valence-electron chi connectivity index (χ2n) is 9.43. The molecule has 11 heteroatoms. The van der Waals surface area contributed by atoms with Crippen LogP contribution >= 0.6 is 23.2 Å². The molecule has 1 aliphatic rings. The molecule has 1 N–H and O–H groups in total. The molecule has 0 aliphatic heterocycles. The summed E-state index contributed by atoms with van der Waals surface area (Å²) in [5.41, 5.74) is 0.706. The minimum Gasteiger partial charge on any atom is -0.495 e. The highest BCUT2D eigenvalue weighted by atomic mass is 35.5. The minimum atomic E-state index is -3.89. The van der Waals surface area contributed by atoms with Gasteiger partial charge in [-0.25, -0.2) is 8.42 Å². The maximum Gasteiger partial charge on any atom is 0.244 e. The third-order valence-corrected chi connectivity index (χ3v) is 8.60. The van der Waals surface area contributed by atoms with E-state index < -0.39 is 28.5 Å². The molecule has 1 atom stereocenters. The molecule has 38 heavy (non-hydrogen) atoms. The van der Waals surface area contributed by atoms with Gasteiger partial charge in [0.05, 0.1) is 19.1 Å². The fourth-order valence-electron chi connectivity index (χ4n) is 4.75. The van der Waals surface area contributed by atoms with E-state index >= 15 is 0 Å². The number of nitrogens with one attached hydrogen (secondary N) is 1. The highest BCUT2D eigenvalue weighted by Gasteiger charge is 2.34. The van der Waals surface area contributed by atoms with Gasteiger partial charge in [-0.2, -0.15) is 0 Å². The Kier molecular flexibility index (Phi) is 10.7. The molecule has 208 valence electrons. The van der Waals surface area contributed by atoms with Crippen molar-refractivity contribution in [3.8, 4) is 5.75 Å². The van der Waals surface area contributed by atoms with Gasteiger partial charge in [-0.15, -0.1) is 0 Å². The zero-order chi connectivity index (χ0) is 27.9. The third kappa shape index (κ3) is 7.55. The molecule has 0 radical (unpaired) electrons. The predicted molar refractivity (Wildman–Crippen MR) is 151 cm³/mol. The van der Waals surface area contributed by atoms with E-state index in [9.17, 15) is 18.0 Å². The zero-order valence-electron chi connectivity index (χ0n) is 22.0. The molecular weight excluding hydrogens is 549 g/mol. The van der Waals surface area contributed by atoms with Gasteiger partial charge in [-0.3, -0.25) is 13.9 Å². The Morgan fingerprint density at radius 3 is 2.26 bits per heavy atom. The van der Waals surface area contributed by atoms with Crippen molar-refractivity contribution in [3.63, 3.8) is 0 Å². The molecule has 2 amide bonds. The number of benzene rings is 2. The molecule has 3 rings (SSSR count). The van der Waals surface area contributed by atoms with Crippen molar-refractivity contribution in [2.75, 3.05) is 24.2 Å². The number of sulfonamides is 1. The fourth-order valence-corrected chi connectivity index (χ4v) is 6.12. The summed E-state index contributed by atoms with van der Waals surface area (Å²) in [6.45, 7) is 1.22. The molecule has 8 nitrogen and oxygen atoms in total. The van der Waals surface area contributed by atoms with Crippen LogP contribution in [0.2, 0.25) is 10.0 Å². The summed E-state index contributed by atoms with van der Waals surface area (Å²) in [4.78, 5) is 28.8. The summed E-state index contributed by atoms with van der Waals surface area (Å²) >= 11 is 12.9. The van der Waals surface area contributed by atoms with Gasteiger partial charge in [0.25, 0.3) is 0 Å². The van der Waals surface area contributed by atoms with Crippen LogP contribution in [0.3, 0.4) is 0 Å². The average molecular weight is 585 g/mol. The van der Waals surface area contributed by atoms with Crippen LogP contribution in [0.15, 0.2) is 42.5 Å². The first-order chi connectivity index (χ1) is 18.1. The summed E-state index contributed by atoms with van der Waals surface area (Å²) in [6, 6.07) is 10.8. The molecule has 1 aliphatic carbocycles. The second kappa shape index (κ2) is 13.5. The molecular formula is C27H35Cl2N3O5S. The summed E-state index contributed by atoms with van der Waals surface area (Å²) in [5, 5.41) is 3.80. The van der Waals surface area contributed by atoms with Gasteiger partial charge in [-0.1, -0.05) is 67.6 Å². The van der Waals surface area contributed by atoms with E-state index in [-0.39, 0.29) is 24.2 Å². The maximum absolute atomic E-state index is 13.9. The first-order valence-electron chi connectivity index (χ1n) is 12.7. The van der Waals surface area contributed by atoms with Crippen molar-refractivity contribution < 1.29 is 22.7 Å². The van der Waals surface area contributed by atoms with Gasteiger partial charge < -0.3 is 15.0 Å². The molecule has 2 aromatic rings. The summed E-state index contributed by atoms with van der Waals surface area (Å²) < 4.78 is 32.0. The Bertz CT molecular complexity index is 1210. The number of amides is 2. The average Bonchev–Trinajstić information content (AvgIpc) is 2.88. The van der Waals surface area contributed by atoms with Gasteiger partial charge in [0.15, 0.2) is 0 Å². The molecule has 2 aromatic carbocycles. The Morgan fingerprint density at radius 1 is 1.05 bits per heavy atom. The van der Waals surface area contributed by atoms with Gasteiger partial charge in [0, 0.05) is 28.2 Å². The van der Waals surface area contributed by atoms with Crippen molar-refractivity contribution >= 4 is 50.7 Å². The van der Waals surface area contributed by atoms with E-state index in [0.29, 0.717) is 27.8 Å². The molecule has 1 fully saturated rings. The highest BCUT2D eigenvalue weighted by molar-refractivity contribution is 7.92. The first-order valence-corrected chi connectivity index (χ1v) is 15.3. The van der Waals surface area contributed by atoms with Crippen molar-refractivity contribution in [2.24, 2.45) is 0 Å². The lowest BCUT2D eigenvalue weighted by Crippen LogP contribution is -2.54. The molecule has 0 spiro atoms. The SMILES string of the molecule is CC[C@H](C(=O)NC1CCCCC1)N(Cc1c(Cl)cccc1Cl)C(=O)CN(c1ccccc1OC)S(C)(=O)=O. The number of ether oxygens (including phenoxy) is 1. The van der Waals surface area contributed by atoms with Gasteiger partial charge in [0.1, 0.15) is 18.3 Å². The lowest BCUT2D eigenvalue weighted by molar-refractivity contribution is -0.140. The standard InChI is InChI=1S/C27H35Cl2N3O5S/c1-4-23(27(34)30-19-11-6-5-7-12-19)31(17-20-21(28)13-10-14-22(20)29)26(33)18-32(38(3,35)36)24-15-8-9-16-25(24)37-2/h8-10,13-16,19,23H,4-7,11-12,17-18H2,1-3H3,(H,30,34)/t23-/m1/s1. The zero-order valence-corrected chi connectivity index (χ0v) is 24.3. The lowest BCUT2D eigenvalue weighted by Gasteiger charge is -2.34. The van der Waals surface area contributed by atoms with Crippen LogP contribution in [-0.4, -0.2) is 57.1 Å². The molecule has 1 saturated carbocycles. The van der Waals surface area contributed by atoms with E-state index in [1.54, 1.807) is 42.5 Å². The van der Waals surface area contributed by atoms with Crippen LogP contribution in [-0.2, 0) is 26.2 Å². The molecule has 0 bridgehead atoms. The van der Waals surface area contributed by atoms with E-state index in [1.807, 2.05) is 6.92 Å². The molecule has 0 unspecified atom stereocenters. The Balaban J connectivity index is 1.98. The number of rotatable bonds is 11. The van der Waals surface area contributed by atoms with Crippen LogP contribution < -0.4 is 14.4 Å². The van der Waals surface area contributed by atoms with Crippen LogP contribution in [0.4, 0.5) is 5.69 Å². The highest BCUT2D eigenvalue weighted by Crippen LogP contribution is 2.31. The summed E-state index contributed by atoms with van der Waals surface area (Å²) in [5.74, 6) is -0.546. The fraction of sp³-hybridized carbons (Fsp3) is 0.481. The quantitative estimate of drug-likeness (QED) is 0.400. The number of carbonyl (C=O) groups is 2. The number of para-hydroxylation sites is 2. The van der Waals surface area contributed by atoms with E-state index in [4.69, 9.17) is 27.9 Å². The molecule has 0 saturated heterocycles. The maximum atomic E-state index is 13.9. The number of methoxy groups -OCH3 is 1. The minimum absolute atomic E-state index is 0.0484. The first kappa shape index (κ1) is 30.1. The van der Waals surface area contributed by atoms with Gasteiger partial charge in [0.2, 0.25) is 21.8 Å². The number of carbonyl (C=O) groups excluding carboxylic acids is 2. The summed E-state index contributed by atoms with van der Waals surface area (Å²) in [6.07, 6.45) is 6.35. The Labute approximate surface area is 235 Å². The number of anilines is 1. The number of nitrogens with zero attached hydrogens (tertiary/aromatic N) is 2. The van der Waals surface area contributed by atoms with Gasteiger partial charge in [-0.05, 0) is 43.5 Å². The van der Waals surface area contributed by atoms with Crippen molar-refractivity contribution in [1.29, 1.82) is 0 Å². The van der Waals surface area contributed by atoms with E-state index in [0.717, 1.165) is 42.7 Å². The van der Waals surface area contributed by atoms with Crippen molar-refractivity contribution in [3.05, 3.63) is 58.1 Å². The largest absolute Gasteiger partial charge is 0.495 e. The van der Waals surface area contributed by atoms with Crippen LogP contribution in [0.5, 0.6) is 5.75 Å². The van der Waals surface area contributed by atoms with Crippen LogP contribution in [0.1, 0.15) is 51.0 Å². The van der Waals surface area contributed by atoms with Crippen LogP contribution in [0, 0.1) is 0 Å². The van der Waals surface area contributed by atoms with Crippen molar-refractivity contribution in [2.45, 2.75) is 64.1 Å². The molecule has 0 aromatic heterocycles. The number of halogens is 2. The molecule has 0 heterocycles. The van der Waals surface area contributed by atoms with Crippen molar-refractivity contribution in [1.82, 2.24) is 10.2 Å².